The molecule has 0 saturated heterocycles. The van der Waals surface area contributed by atoms with Crippen LogP contribution >= 0.6 is 22.9 Å². The van der Waals surface area contributed by atoms with Crippen LogP contribution in [0.5, 0.6) is 0 Å². The Morgan fingerprint density at radius 1 is 1.14 bits per heavy atom. The summed E-state index contributed by atoms with van der Waals surface area (Å²) >= 11 is 7.43. The van der Waals surface area contributed by atoms with Crippen LogP contribution in [0.1, 0.15) is 16.9 Å². The second-order valence-electron chi connectivity index (χ2n) is 6.81. The zero-order valence-corrected chi connectivity index (χ0v) is 16.8. The summed E-state index contributed by atoms with van der Waals surface area (Å²) in [5.74, 6) is 1.33. The summed E-state index contributed by atoms with van der Waals surface area (Å²) in [5.41, 5.74) is 4.74. The summed E-state index contributed by atoms with van der Waals surface area (Å²) in [4.78, 5) is 18.3. The second-order valence-corrected chi connectivity index (χ2v) is 8.25. The normalized spacial score (nSPS) is 12.5. The third-order valence-corrected chi connectivity index (χ3v) is 5.89. The molecule has 3 heterocycles. The van der Waals surface area contributed by atoms with Crippen LogP contribution in [0.2, 0.25) is 5.02 Å². The van der Waals surface area contributed by atoms with Gasteiger partial charge in [-0.05, 0) is 55.3 Å². The number of fused-ring (bicyclic) bond motifs is 3. The molecule has 5 aromatic rings. The summed E-state index contributed by atoms with van der Waals surface area (Å²) in [6, 6.07) is 15.3. The number of hydrogen-bond acceptors (Lipinski definition) is 4. The van der Waals surface area contributed by atoms with Gasteiger partial charge in [-0.25, -0.2) is 9.38 Å². The van der Waals surface area contributed by atoms with E-state index in [1.807, 2.05) is 56.3 Å². The smallest absolute Gasteiger partial charge is 0.275 e. The Hall–Kier alpha value is -2.89. The van der Waals surface area contributed by atoms with Crippen molar-refractivity contribution in [1.29, 1.82) is 0 Å². The van der Waals surface area contributed by atoms with Crippen LogP contribution in [-0.4, -0.2) is 9.38 Å². The summed E-state index contributed by atoms with van der Waals surface area (Å²) in [5, 5.41) is 0.651. The predicted octanol–water partition coefficient (Wildman–Crippen LogP) is 4.99. The van der Waals surface area contributed by atoms with E-state index in [4.69, 9.17) is 16.0 Å². The Labute approximate surface area is 169 Å². The van der Waals surface area contributed by atoms with Gasteiger partial charge in [-0.2, -0.15) is 0 Å². The molecule has 0 saturated carbocycles. The van der Waals surface area contributed by atoms with Crippen LogP contribution in [0.25, 0.3) is 33.4 Å². The van der Waals surface area contributed by atoms with Gasteiger partial charge in [0.1, 0.15) is 16.1 Å². The number of aromatic nitrogens is 2. The van der Waals surface area contributed by atoms with Gasteiger partial charge in [0.05, 0.1) is 11.0 Å². The van der Waals surface area contributed by atoms with Crippen molar-refractivity contribution < 1.29 is 4.42 Å². The Balaban J connectivity index is 1.65. The van der Waals surface area contributed by atoms with Crippen LogP contribution in [0, 0.1) is 13.8 Å². The fourth-order valence-electron chi connectivity index (χ4n) is 3.47. The molecule has 0 amide bonds. The second kappa shape index (κ2) is 6.33. The first-order chi connectivity index (χ1) is 13.5. The van der Waals surface area contributed by atoms with Crippen molar-refractivity contribution in [1.82, 2.24) is 9.38 Å². The van der Waals surface area contributed by atoms with Crippen molar-refractivity contribution >= 4 is 45.0 Å². The molecule has 0 aliphatic rings. The summed E-state index contributed by atoms with van der Waals surface area (Å²) in [7, 11) is 0. The molecule has 0 fully saturated rings. The first kappa shape index (κ1) is 17.2. The van der Waals surface area contributed by atoms with Crippen LogP contribution in [0.15, 0.2) is 57.7 Å². The summed E-state index contributed by atoms with van der Waals surface area (Å²) in [6.07, 6.45) is 1.77. The lowest BCUT2D eigenvalue weighted by Crippen LogP contribution is -2.22. The lowest BCUT2D eigenvalue weighted by molar-refractivity contribution is 0.571. The van der Waals surface area contributed by atoms with Gasteiger partial charge in [0.15, 0.2) is 4.96 Å². The molecule has 0 bridgehead atoms. The largest absolute Gasteiger partial charge is 0.457 e. The molecule has 138 valence electrons. The zero-order chi connectivity index (χ0) is 19.4. The predicted molar refractivity (Wildman–Crippen MR) is 114 cm³/mol. The SMILES string of the molecule is Cc1cc(C)c2nc3s/c(=C/c4ccc(-c5cccc(Cl)c5)o4)c(=O)n3c2c1. The van der Waals surface area contributed by atoms with Crippen LogP contribution < -0.4 is 10.1 Å². The van der Waals surface area contributed by atoms with Crippen molar-refractivity contribution in [3.8, 4) is 11.3 Å². The highest BCUT2D eigenvalue weighted by atomic mass is 35.5. The molecule has 28 heavy (non-hydrogen) atoms. The molecule has 3 aromatic heterocycles. The van der Waals surface area contributed by atoms with E-state index in [1.165, 1.54) is 11.3 Å². The van der Waals surface area contributed by atoms with Gasteiger partial charge in [-0.15, -0.1) is 0 Å². The number of nitrogens with zero attached hydrogens (tertiary/aromatic N) is 2. The average molecular weight is 407 g/mol. The fraction of sp³-hybridized carbons (Fsp3) is 0.0909. The van der Waals surface area contributed by atoms with Crippen molar-refractivity contribution in [2.24, 2.45) is 0 Å². The fourth-order valence-corrected chi connectivity index (χ4v) is 4.62. The maximum absolute atomic E-state index is 13.0. The highest BCUT2D eigenvalue weighted by Gasteiger charge is 2.13. The molecular formula is C22H15ClN2O2S. The molecule has 5 rings (SSSR count). The zero-order valence-electron chi connectivity index (χ0n) is 15.2. The molecule has 6 heteroatoms. The number of furan rings is 1. The van der Waals surface area contributed by atoms with Crippen molar-refractivity contribution in [2.75, 3.05) is 0 Å². The van der Waals surface area contributed by atoms with Crippen molar-refractivity contribution in [3.05, 3.63) is 85.3 Å². The summed E-state index contributed by atoms with van der Waals surface area (Å²) < 4.78 is 8.19. The minimum atomic E-state index is -0.0757. The first-order valence-electron chi connectivity index (χ1n) is 8.79. The number of imidazole rings is 1. The minimum absolute atomic E-state index is 0.0757. The first-order valence-corrected chi connectivity index (χ1v) is 9.99. The third kappa shape index (κ3) is 2.75. The van der Waals surface area contributed by atoms with Gasteiger partial charge < -0.3 is 4.42 Å². The van der Waals surface area contributed by atoms with Gasteiger partial charge in [0.2, 0.25) is 0 Å². The third-order valence-electron chi connectivity index (χ3n) is 4.69. The van der Waals surface area contributed by atoms with Crippen LogP contribution in [0.4, 0.5) is 0 Å². The van der Waals surface area contributed by atoms with Gasteiger partial charge >= 0.3 is 0 Å². The van der Waals surface area contributed by atoms with Gasteiger partial charge in [0, 0.05) is 16.7 Å². The Morgan fingerprint density at radius 2 is 2.00 bits per heavy atom. The maximum atomic E-state index is 13.0. The lowest BCUT2D eigenvalue weighted by atomic mass is 10.1. The van der Waals surface area contributed by atoms with E-state index >= 15 is 0 Å². The molecule has 0 atom stereocenters. The molecule has 0 radical (unpaired) electrons. The Kier molecular flexibility index (Phi) is 3.89. The van der Waals surface area contributed by atoms with Crippen LogP contribution in [-0.2, 0) is 0 Å². The monoisotopic (exact) mass is 406 g/mol. The number of hydrogen-bond donors (Lipinski definition) is 0. The minimum Gasteiger partial charge on any atom is -0.457 e. The van der Waals surface area contributed by atoms with Crippen LogP contribution in [0.3, 0.4) is 0 Å². The van der Waals surface area contributed by atoms with E-state index in [-0.39, 0.29) is 5.56 Å². The number of rotatable bonds is 2. The molecule has 0 unspecified atom stereocenters. The van der Waals surface area contributed by atoms with E-state index in [2.05, 4.69) is 11.1 Å². The Morgan fingerprint density at radius 3 is 2.82 bits per heavy atom. The summed E-state index contributed by atoms with van der Waals surface area (Å²) in [6.45, 7) is 4.04. The van der Waals surface area contributed by atoms with Gasteiger partial charge in [-0.1, -0.05) is 41.1 Å². The molecule has 4 nitrogen and oxygen atoms in total. The van der Waals surface area contributed by atoms with E-state index in [1.54, 1.807) is 10.5 Å². The number of aryl methyl sites for hydroxylation is 2. The molecule has 0 aliphatic carbocycles. The van der Waals surface area contributed by atoms with Gasteiger partial charge in [-0.3, -0.25) is 4.79 Å². The number of benzene rings is 2. The van der Waals surface area contributed by atoms with E-state index in [0.717, 1.165) is 27.7 Å². The van der Waals surface area contributed by atoms with E-state index in [0.29, 0.717) is 26.0 Å². The highest BCUT2D eigenvalue weighted by Crippen LogP contribution is 2.25. The van der Waals surface area contributed by atoms with E-state index < -0.39 is 0 Å². The van der Waals surface area contributed by atoms with E-state index in [9.17, 15) is 4.79 Å². The Bertz CT molecular complexity index is 1480. The topological polar surface area (TPSA) is 47.5 Å². The maximum Gasteiger partial charge on any atom is 0.275 e. The van der Waals surface area contributed by atoms with Gasteiger partial charge in [0.25, 0.3) is 5.56 Å². The molecule has 0 N–H and O–H groups in total. The highest BCUT2D eigenvalue weighted by molar-refractivity contribution is 7.15. The molecule has 0 aliphatic heterocycles. The van der Waals surface area contributed by atoms with Crippen molar-refractivity contribution in [3.63, 3.8) is 0 Å². The lowest BCUT2D eigenvalue weighted by Gasteiger charge is -1.97. The quantitative estimate of drug-likeness (QED) is 0.415. The number of halogens is 1. The standard InChI is InChI=1S/C22H15ClN2O2S/c1-12-8-13(2)20-17(9-12)25-21(26)19(28-22(25)24-20)11-16-6-7-18(27-16)14-4-3-5-15(23)10-14/h3-11H,1-2H3/b19-11+. The van der Waals surface area contributed by atoms with Crippen molar-refractivity contribution in [2.45, 2.75) is 13.8 Å². The molecule has 2 aromatic carbocycles. The molecular weight excluding hydrogens is 392 g/mol. The number of thiazole rings is 1. The molecule has 0 spiro atoms. The average Bonchev–Trinajstić information content (AvgIpc) is 3.32.